The van der Waals surface area contributed by atoms with Gasteiger partial charge in [-0.3, -0.25) is 5.43 Å². The molecule has 4 nitrogen and oxygen atoms in total. The molecule has 2 rings (SSSR count). The number of nitrogens with zero attached hydrogens (tertiary/aromatic N) is 1. The van der Waals surface area contributed by atoms with Gasteiger partial charge in [-0.1, -0.05) is 0 Å². The number of thiocarbonyl (C=S) groups is 1. The molecule has 2 heterocycles. The van der Waals surface area contributed by atoms with Gasteiger partial charge in [0.15, 0.2) is 5.11 Å². The van der Waals surface area contributed by atoms with Crippen LogP contribution in [-0.4, -0.2) is 30.6 Å². The fraction of sp³-hybridized carbons (Fsp3) is 0.455. The lowest BCUT2D eigenvalue weighted by atomic mass is 10.2. The van der Waals surface area contributed by atoms with Gasteiger partial charge in [-0.15, -0.1) is 11.3 Å². The van der Waals surface area contributed by atoms with Crippen LogP contribution >= 0.6 is 39.5 Å². The number of hydrazone groups is 1. The molecule has 1 aliphatic heterocycles. The summed E-state index contributed by atoms with van der Waals surface area (Å²) in [5.41, 5.74) is 2.79. The summed E-state index contributed by atoms with van der Waals surface area (Å²) in [4.78, 5) is 1.07. The molecule has 0 aliphatic carbocycles. The van der Waals surface area contributed by atoms with E-state index in [1.165, 1.54) is 0 Å². The molecule has 0 saturated carbocycles. The van der Waals surface area contributed by atoms with Gasteiger partial charge >= 0.3 is 0 Å². The minimum absolute atomic E-state index is 0.280. The molecule has 1 unspecified atom stereocenters. The van der Waals surface area contributed by atoms with Crippen molar-refractivity contribution < 1.29 is 4.74 Å². The molecule has 98 valence electrons. The van der Waals surface area contributed by atoms with Gasteiger partial charge in [0.05, 0.1) is 12.3 Å². The predicted molar refractivity (Wildman–Crippen MR) is 82.3 cm³/mol. The summed E-state index contributed by atoms with van der Waals surface area (Å²) in [6.45, 7) is 1.60. The molecule has 0 spiro atoms. The maximum absolute atomic E-state index is 5.49. The summed E-state index contributed by atoms with van der Waals surface area (Å²) in [6.07, 6.45) is 4.26. The predicted octanol–water partition coefficient (Wildman–Crippen LogP) is 2.49. The minimum atomic E-state index is 0.280. The molecule has 1 aromatic rings. The highest BCUT2D eigenvalue weighted by Gasteiger charge is 2.14. The van der Waals surface area contributed by atoms with E-state index in [2.05, 4.69) is 31.8 Å². The normalized spacial score (nSPS) is 19.3. The molecule has 1 aromatic heterocycles. The zero-order valence-corrected chi connectivity index (χ0v) is 12.9. The second-order valence-electron chi connectivity index (χ2n) is 3.88. The van der Waals surface area contributed by atoms with Gasteiger partial charge in [-0.05, 0) is 47.1 Å². The van der Waals surface area contributed by atoms with E-state index in [0.29, 0.717) is 5.11 Å². The van der Waals surface area contributed by atoms with Crippen LogP contribution in [0, 0.1) is 0 Å². The van der Waals surface area contributed by atoms with Crippen LogP contribution in [0.3, 0.4) is 0 Å². The van der Waals surface area contributed by atoms with Crippen LogP contribution < -0.4 is 10.7 Å². The molecule has 0 aromatic carbocycles. The molecule has 1 saturated heterocycles. The van der Waals surface area contributed by atoms with E-state index in [1.54, 1.807) is 17.6 Å². The van der Waals surface area contributed by atoms with E-state index in [1.807, 2.05) is 11.4 Å². The third-order valence-electron chi connectivity index (χ3n) is 2.46. The van der Waals surface area contributed by atoms with Crippen LogP contribution in [0.25, 0.3) is 0 Å². The lowest BCUT2D eigenvalue weighted by Gasteiger charge is -2.11. The molecule has 1 atom stereocenters. The Morgan fingerprint density at radius 1 is 1.72 bits per heavy atom. The van der Waals surface area contributed by atoms with Crippen molar-refractivity contribution >= 4 is 50.8 Å². The lowest BCUT2D eigenvalue weighted by Crippen LogP contribution is -2.37. The first kappa shape index (κ1) is 13.9. The third-order valence-corrected chi connectivity index (χ3v) is 4.32. The van der Waals surface area contributed by atoms with Gasteiger partial charge in [-0.2, -0.15) is 5.10 Å². The van der Waals surface area contributed by atoms with Crippen LogP contribution in [0.1, 0.15) is 17.7 Å². The van der Waals surface area contributed by atoms with Crippen molar-refractivity contribution in [2.75, 3.05) is 13.2 Å². The Morgan fingerprint density at radius 3 is 3.28 bits per heavy atom. The molecule has 0 amide bonds. The minimum Gasteiger partial charge on any atom is -0.376 e. The van der Waals surface area contributed by atoms with Gasteiger partial charge in [0, 0.05) is 27.9 Å². The van der Waals surface area contributed by atoms with E-state index in [9.17, 15) is 0 Å². The Labute approximate surface area is 124 Å². The molecule has 7 heteroatoms. The zero-order chi connectivity index (χ0) is 12.8. The van der Waals surface area contributed by atoms with Gasteiger partial charge in [0.2, 0.25) is 0 Å². The van der Waals surface area contributed by atoms with Gasteiger partial charge in [0.1, 0.15) is 0 Å². The topological polar surface area (TPSA) is 45.6 Å². The first-order valence-corrected chi connectivity index (χ1v) is 7.74. The van der Waals surface area contributed by atoms with Crippen LogP contribution in [0.4, 0.5) is 0 Å². The molecule has 0 radical (unpaired) electrons. The van der Waals surface area contributed by atoms with Crippen molar-refractivity contribution in [3.05, 3.63) is 20.8 Å². The van der Waals surface area contributed by atoms with Crippen molar-refractivity contribution in [1.82, 2.24) is 10.7 Å². The average Bonchev–Trinajstić information content (AvgIpc) is 2.98. The van der Waals surface area contributed by atoms with Crippen LogP contribution in [0.5, 0.6) is 0 Å². The van der Waals surface area contributed by atoms with E-state index in [-0.39, 0.29) is 6.10 Å². The maximum Gasteiger partial charge on any atom is 0.187 e. The summed E-state index contributed by atoms with van der Waals surface area (Å²) in [7, 11) is 0. The first-order chi connectivity index (χ1) is 8.74. The van der Waals surface area contributed by atoms with Gasteiger partial charge < -0.3 is 10.1 Å². The highest BCUT2D eigenvalue weighted by Crippen LogP contribution is 2.17. The number of rotatable bonds is 4. The number of ether oxygens (including phenoxy) is 1. The fourth-order valence-corrected chi connectivity index (χ4v) is 3.04. The Kier molecular flexibility index (Phi) is 5.55. The Hall–Kier alpha value is -0.500. The van der Waals surface area contributed by atoms with Crippen molar-refractivity contribution in [2.45, 2.75) is 18.9 Å². The number of thiophene rings is 1. The van der Waals surface area contributed by atoms with Crippen molar-refractivity contribution in [1.29, 1.82) is 0 Å². The third kappa shape index (κ3) is 4.64. The van der Waals surface area contributed by atoms with E-state index < -0.39 is 0 Å². The smallest absolute Gasteiger partial charge is 0.187 e. The van der Waals surface area contributed by atoms with Crippen molar-refractivity contribution in [2.24, 2.45) is 5.10 Å². The molecule has 0 bridgehead atoms. The van der Waals surface area contributed by atoms with Crippen molar-refractivity contribution in [3.63, 3.8) is 0 Å². The molecule has 1 aliphatic rings. The Bertz CT molecular complexity index is 430. The zero-order valence-electron chi connectivity index (χ0n) is 9.69. The Morgan fingerprint density at radius 2 is 2.61 bits per heavy atom. The van der Waals surface area contributed by atoms with Gasteiger partial charge in [0.25, 0.3) is 0 Å². The molecular weight excluding hydrogens is 334 g/mol. The molecular formula is C11H14BrN3OS2. The second-order valence-corrected chi connectivity index (χ2v) is 6.15. The number of hydrogen-bond donors (Lipinski definition) is 2. The molecule has 18 heavy (non-hydrogen) atoms. The highest BCUT2D eigenvalue weighted by atomic mass is 79.9. The monoisotopic (exact) mass is 347 g/mol. The lowest BCUT2D eigenvalue weighted by molar-refractivity contribution is 0.114. The van der Waals surface area contributed by atoms with Crippen LogP contribution in [-0.2, 0) is 4.74 Å². The summed E-state index contributed by atoms with van der Waals surface area (Å²) in [5.74, 6) is 0. The SMILES string of the molecule is S=C(NCC1CCCO1)N/N=C/c1cc(Br)cs1. The second kappa shape index (κ2) is 7.18. The number of halogens is 1. The highest BCUT2D eigenvalue weighted by molar-refractivity contribution is 9.10. The number of nitrogens with one attached hydrogen (secondary N) is 2. The average molecular weight is 348 g/mol. The van der Waals surface area contributed by atoms with Gasteiger partial charge in [-0.25, -0.2) is 0 Å². The summed E-state index contributed by atoms with van der Waals surface area (Å²) in [6, 6.07) is 2.00. The van der Waals surface area contributed by atoms with E-state index in [0.717, 1.165) is 35.3 Å². The van der Waals surface area contributed by atoms with Crippen LogP contribution in [0.2, 0.25) is 0 Å². The largest absolute Gasteiger partial charge is 0.376 e. The first-order valence-electron chi connectivity index (χ1n) is 5.66. The summed E-state index contributed by atoms with van der Waals surface area (Å²) < 4.78 is 6.55. The van der Waals surface area contributed by atoms with Crippen LogP contribution in [0.15, 0.2) is 21.0 Å². The quantitative estimate of drug-likeness (QED) is 0.499. The maximum atomic E-state index is 5.49. The standard InChI is InChI=1S/C11H14BrN3OS2/c12-8-4-10(18-7-8)6-14-15-11(17)13-5-9-2-1-3-16-9/h4,6-7,9H,1-3,5H2,(H2,13,15,17)/b14-6+. The Balaban J connectivity index is 1.66. The summed E-state index contributed by atoms with van der Waals surface area (Å²) in [5, 5.41) is 9.70. The van der Waals surface area contributed by atoms with E-state index >= 15 is 0 Å². The fourth-order valence-electron chi connectivity index (χ4n) is 1.60. The van der Waals surface area contributed by atoms with E-state index in [4.69, 9.17) is 17.0 Å². The molecule has 2 N–H and O–H groups in total. The van der Waals surface area contributed by atoms with Crippen molar-refractivity contribution in [3.8, 4) is 0 Å². The summed E-state index contributed by atoms with van der Waals surface area (Å²) >= 11 is 10.1. The number of hydrogen-bond acceptors (Lipinski definition) is 4. The molecule has 1 fully saturated rings.